The molecule has 32 heavy (non-hydrogen) atoms. The van der Waals surface area contributed by atoms with Gasteiger partial charge in [0, 0.05) is 5.69 Å². The molecule has 5 aromatic rings. The number of benzene rings is 4. The molecule has 4 aromatic carbocycles. The molecule has 0 spiro atoms. The largest absolute Gasteiger partial charge is 0.449 e. The highest BCUT2D eigenvalue weighted by atomic mass is 16.5. The number of aromatic nitrogens is 2. The first-order chi connectivity index (χ1) is 15.7. The Balaban J connectivity index is 1.49. The Morgan fingerprint density at radius 3 is 1.94 bits per heavy atom. The monoisotopic (exact) mass is 418 g/mol. The third-order valence-corrected chi connectivity index (χ3v) is 5.50. The first kappa shape index (κ1) is 19.8. The summed E-state index contributed by atoms with van der Waals surface area (Å²) in [6.07, 6.45) is -0.482. The Morgan fingerprint density at radius 1 is 0.781 bits per heavy atom. The highest BCUT2D eigenvalue weighted by molar-refractivity contribution is 5.94. The van der Waals surface area contributed by atoms with Crippen LogP contribution in [-0.4, -0.2) is 15.5 Å². The maximum Gasteiger partial charge on any atom is 0.339 e. The lowest BCUT2D eigenvalue weighted by atomic mass is 10.0. The van der Waals surface area contributed by atoms with Gasteiger partial charge in [0.25, 0.3) is 0 Å². The molecule has 5 rings (SSSR count). The maximum atomic E-state index is 13.2. The van der Waals surface area contributed by atoms with Crippen LogP contribution in [0.4, 0.5) is 0 Å². The number of nitrogens with zero attached hydrogens (tertiary/aromatic N) is 2. The highest BCUT2D eigenvalue weighted by Crippen LogP contribution is 2.28. The lowest BCUT2D eigenvalue weighted by molar-refractivity contribution is 0.0378. The van der Waals surface area contributed by atoms with Crippen LogP contribution in [0.3, 0.4) is 0 Å². The fourth-order valence-corrected chi connectivity index (χ4v) is 3.99. The van der Waals surface area contributed by atoms with E-state index in [1.54, 1.807) is 12.1 Å². The van der Waals surface area contributed by atoms with E-state index in [4.69, 9.17) is 4.74 Å². The van der Waals surface area contributed by atoms with Crippen LogP contribution in [0.2, 0.25) is 0 Å². The van der Waals surface area contributed by atoms with E-state index in [9.17, 15) is 4.79 Å². The van der Waals surface area contributed by atoms with Crippen molar-refractivity contribution in [2.45, 2.75) is 13.0 Å². The van der Waals surface area contributed by atoms with Crippen molar-refractivity contribution >= 4 is 17.0 Å². The fraction of sp³-hybridized carbons (Fsp3) is 0.0714. The molecule has 0 aliphatic heterocycles. The molecule has 0 bridgehead atoms. The topological polar surface area (TPSA) is 44.1 Å². The maximum absolute atomic E-state index is 13.2. The van der Waals surface area contributed by atoms with Crippen LogP contribution >= 0.6 is 0 Å². The van der Waals surface area contributed by atoms with Crippen molar-refractivity contribution < 1.29 is 9.53 Å². The normalized spacial score (nSPS) is 11.1. The standard InChI is InChI=1S/C28H22N2O2/c1-20-29-25-19-23(17-18-26(25)30(20)24-15-9-4-10-16-24)28(31)32-27(21-11-5-2-6-12-21)22-13-7-3-8-14-22/h2-19,27H,1H3. The molecule has 4 nitrogen and oxygen atoms in total. The summed E-state index contributed by atoms with van der Waals surface area (Å²) < 4.78 is 8.09. The molecule has 0 fully saturated rings. The predicted octanol–water partition coefficient (Wildman–Crippen LogP) is 6.28. The second-order valence-electron chi connectivity index (χ2n) is 7.64. The minimum Gasteiger partial charge on any atom is -0.449 e. The second kappa shape index (κ2) is 8.52. The molecule has 0 saturated carbocycles. The summed E-state index contributed by atoms with van der Waals surface area (Å²) in [5.41, 5.74) is 5.09. The van der Waals surface area contributed by atoms with E-state index in [0.717, 1.165) is 33.7 Å². The predicted molar refractivity (Wildman–Crippen MR) is 126 cm³/mol. The van der Waals surface area contributed by atoms with E-state index in [-0.39, 0.29) is 5.97 Å². The van der Waals surface area contributed by atoms with Gasteiger partial charge < -0.3 is 4.74 Å². The van der Waals surface area contributed by atoms with Gasteiger partial charge >= 0.3 is 5.97 Å². The molecule has 0 unspecified atom stereocenters. The molecule has 0 N–H and O–H groups in total. The number of esters is 1. The highest BCUT2D eigenvalue weighted by Gasteiger charge is 2.21. The van der Waals surface area contributed by atoms with Crippen LogP contribution in [0.1, 0.15) is 33.4 Å². The van der Waals surface area contributed by atoms with Gasteiger partial charge in [0.15, 0.2) is 6.10 Å². The Bertz CT molecular complexity index is 1320. The minimum absolute atomic E-state index is 0.378. The van der Waals surface area contributed by atoms with Gasteiger partial charge in [-0.05, 0) is 48.4 Å². The first-order valence-electron chi connectivity index (χ1n) is 10.6. The molecule has 156 valence electrons. The molecular weight excluding hydrogens is 396 g/mol. The summed E-state index contributed by atoms with van der Waals surface area (Å²) in [4.78, 5) is 17.8. The average Bonchev–Trinajstić information content (AvgIpc) is 3.19. The van der Waals surface area contributed by atoms with E-state index in [1.165, 1.54) is 0 Å². The van der Waals surface area contributed by atoms with Crippen molar-refractivity contribution in [3.63, 3.8) is 0 Å². The summed E-state index contributed by atoms with van der Waals surface area (Å²) in [5.74, 6) is 0.486. The summed E-state index contributed by atoms with van der Waals surface area (Å²) in [5, 5.41) is 0. The molecule has 1 heterocycles. The van der Waals surface area contributed by atoms with Gasteiger partial charge in [0.05, 0.1) is 16.6 Å². The molecule has 4 heteroatoms. The molecule has 0 atom stereocenters. The first-order valence-corrected chi connectivity index (χ1v) is 10.6. The van der Waals surface area contributed by atoms with Crippen molar-refractivity contribution in [1.29, 1.82) is 0 Å². The third kappa shape index (κ3) is 3.79. The number of carbonyl (C=O) groups excluding carboxylic acids is 1. The number of ether oxygens (including phenoxy) is 1. The fourth-order valence-electron chi connectivity index (χ4n) is 3.99. The van der Waals surface area contributed by atoms with Gasteiger partial charge in [-0.2, -0.15) is 0 Å². The van der Waals surface area contributed by atoms with Crippen LogP contribution < -0.4 is 0 Å². The Kier molecular flexibility index (Phi) is 5.26. The molecule has 0 radical (unpaired) electrons. The Morgan fingerprint density at radius 2 is 1.34 bits per heavy atom. The van der Waals surface area contributed by atoms with Gasteiger partial charge in [-0.25, -0.2) is 9.78 Å². The van der Waals surface area contributed by atoms with Gasteiger partial charge in [-0.1, -0.05) is 78.9 Å². The summed E-state index contributed by atoms with van der Waals surface area (Å²) >= 11 is 0. The van der Waals surface area contributed by atoms with Crippen LogP contribution in [0.15, 0.2) is 109 Å². The van der Waals surface area contributed by atoms with Crippen LogP contribution in [0.25, 0.3) is 16.7 Å². The molecule has 0 aliphatic rings. The average molecular weight is 418 g/mol. The van der Waals surface area contributed by atoms with Crippen molar-refractivity contribution in [3.05, 3.63) is 132 Å². The number of imidazole rings is 1. The zero-order chi connectivity index (χ0) is 21.9. The quantitative estimate of drug-likeness (QED) is 0.316. The Labute approximate surface area is 186 Å². The molecule has 0 saturated heterocycles. The summed E-state index contributed by atoms with van der Waals surface area (Å²) in [6.45, 7) is 1.96. The van der Waals surface area contributed by atoms with Crippen LogP contribution in [-0.2, 0) is 4.74 Å². The number of rotatable bonds is 5. The second-order valence-corrected chi connectivity index (χ2v) is 7.64. The van der Waals surface area contributed by atoms with E-state index in [2.05, 4.69) is 9.55 Å². The van der Waals surface area contributed by atoms with Gasteiger partial charge in [-0.15, -0.1) is 0 Å². The minimum atomic E-state index is -0.482. The zero-order valence-corrected chi connectivity index (χ0v) is 17.7. The lowest BCUT2D eigenvalue weighted by Crippen LogP contribution is -2.13. The SMILES string of the molecule is Cc1nc2cc(C(=O)OC(c3ccccc3)c3ccccc3)ccc2n1-c1ccccc1. The number of hydrogen-bond donors (Lipinski definition) is 0. The van der Waals surface area contributed by atoms with Gasteiger partial charge in [0.2, 0.25) is 0 Å². The molecule has 1 aromatic heterocycles. The van der Waals surface area contributed by atoms with Crippen molar-refractivity contribution in [1.82, 2.24) is 9.55 Å². The number of fused-ring (bicyclic) bond motifs is 1. The number of para-hydroxylation sites is 1. The molecule has 0 aliphatic carbocycles. The van der Waals surface area contributed by atoms with E-state index < -0.39 is 6.10 Å². The van der Waals surface area contributed by atoms with Gasteiger partial charge in [-0.3, -0.25) is 4.57 Å². The number of carbonyl (C=O) groups is 1. The number of hydrogen-bond acceptors (Lipinski definition) is 3. The molecular formula is C28H22N2O2. The van der Waals surface area contributed by atoms with Crippen molar-refractivity contribution in [3.8, 4) is 5.69 Å². The van der Waals surface area contributed by atoms with E-state index in [1.807, 2.05) is 104 Å². The summed E-state index contributed by atoms with van der Waals surface area (Å²) in [6, 6.07) is 35.2. The number of aryl methyl sites for hydroxylation is 1. The third-order valence-electron chi connectivity index (χ3n) is 5.50. The molecule has 0 amide bonds. The van der Waals surface area contributed by atoms with Crippen LogP contribution in [0.5, 0.6) is 0 Å². The van der Waals surface area contributed by atoms with Gasteiger partial charge in [0.1, 0.15) is 5.82 Å². The Hall–Kier alpha value is -4.18. The van der Waals surface area contributed by atoms with E-state index in [0.29, 0.717) is 5.56 Å². The zero-order valence-electron chi connectivity index (χ0n) is 17.7. The van der Waals surface area contributed by atoms with Crippen molar-refractivity contribution in [2.24, 2.45) is 0 Å². The van der Waals surface area contributed by atoms with Crippen LogP contribution in [0, 0.1) is 6.92 Å². The lowest BCUT2D eigenvalue weighted by Gasteiger charge is -2.19. The summed E-state index contributed by atoms with van der Waals surface area (Å²) in [7, 11) is 0. The smallest absolute Gasteiger partial charge is 0.339 e. The van der Waals surface area contributed by atoms with E-state index >= 15 is 0 Å². The van der Waals surface area contributed by atoms with Crippen molar-refractivity contribution in [2.75, 3.05) is 0 Å².